The topological polar surface area (TPSA) is 81.7 Å². The van der Waals surface area contributed by atoms with E-state index in [9.17, 15) is 14.7 Å². The van der Waals surface area contributed by atoms with Gasteiger partial charge in [0, 0.05) is 25.3 Å². The van der Waals surface area contributed by atoms with Crippen LogP contribution in [0.25, 0.3) is 0 Å². The molecule has 0 aliphatic carbocycles. The smallest absolute Gasteiger partial charge is 0.273 e. The molecule has 0 aromatic heterocycles. The van der Waals surface area contributed by atoms with Crippen molar-refractivity contribution >= 4 is 17.5 Å². The predicted molar refractivity (Wildman–Crippen MR) is 93.2 cm³/mol. The molecule has 0 saturated carbocycles. The molecule has 3 N–H and O–H groups in total. The maximum Gasteiger partial charge on any atom is 0.273 e. The molecule has 126 valence electrons. The summed E-state index contributed by atoms with van der Waals surface area (Å²) in [6.45, 7) is 1.95. The Balaban J connectivity index is 2.06. The van der Waals surface area contributed by atoms with E-state index in [1.165, 1.54) is 6.07 Å². The summed E-state index contributed by atoms with van der Waals surface area (Å²) < 4.78 is 0. The van der Waals surface area contributed by atoms with Gasteiger partial charge in [-0.1, -0.05) is 19.1 Å². The fourth-order valence-electron chi connectivity index (χ4n) is 2.16. The molecular weight excluding hydrogens is 306 g/mol. The number of carbonyl (C=O) groups is 2. The van der Waals surface area contributed by atoms with Crippen molar-refractivity contribution in [1.82, 2.24) is 10.9 Å². The maximum atomic E-state index is 12.2. The lowest BCUT2D eigenvalue weighted by Crippen LogP contribution is -2.41. The minimum atomic E-state index is -0.570. The van der Waals surface area contributed by atoms with E-state index < -0.39 is 11.8 Å². The number of benzene rings is 2. The number of rotatable bonds is 4. The normalized spacial score (nSPS) is 10.1. The molecule has 0 spiro atoms. The third kappa shape index (κ3) is 4.04. The molecule has 0 aliphatic heterocycles. The van der Waals surface area contributed by atoms with Crippen LogP contribution in [0.1, 0.15) is 33.2 Å². The Hall–Kier alpha value is -3.02. The number of phenolic OH excluding ortho intramolecular Hbond substituents is 1. The summed E-state index contributed by atoms with van der Waals surface area (Å²) in [6.07, 6.45) is 0.740. The standard InChI is InChI=1S/C18H21N3O3/c1-4-12-8-9-16(22)15(10-12)18(24)20-19-17(23)13-6-5-7-14(11-13)21(2)3/h5-11,22H,4H2,1-3H3,(H,19,23)(H,20,24). The van der Waals surface area contributed by atoms with Gasteiger partial charge in [-0.05, 0) is 42.3 Å². The first kappa shape index (κ1) is 17.3. The highest BCUT2D eigenvalue weighted by molar-refractivity contribution is 6.00. The number of amides is 2. The van der Waals surface area contributed by atoms with Crippen molar-refractivity contribution in [3.05, 3.63) is 59.2 Å². The number of carbonyl (C=O) groups excluding carboxylic acids is 2. The number of phenols is 1. The molecule has 2 aromatic carbocycles. The fourth-order valence-corrected chi connectivity index (χ4v) is 2.16. The molecule has 6 heteroatoms. The number of nitrogens with zero attached hydrogens (tertiary/aromatic N) is 1. The van der Waals surface area contributed by atoms with Crippen molar-refractivity contribution < 1.29 is 14.7 Å². The molecule has 0 saturated heterocycles. The zero-order valence-electron chi connectivity index (χ0n) is 14.0. The van der Waals surface area contributed by atoms with Crippen LogP contribution < -0.4 is 15.8 Å². The lowest BCUT2D eigenvalue weighted by Gasteiger charge is -2.14. The van der Waals surface area contributed by atoms with E-state index in [-0.39, 0.29) is 11.3 Å². The van der Waals surface area contributed by atoms with Crippen molar-refractivity contribution in [2.75, 3.05) is 19.0 Å². The van der Waals surface area contributed by atoms with Crippen LogP contribution in [-0.2, 0) is 6.42 Å². The Morgan fingerprint density at radius 2 is 1.75 bits per heavy atom. The second-order valence-corrected chi connectivity index (χ2v) is 5.56. The Bertz CT molecular complexity index is 757. The lowest BCUT2D eigenvalue weighted by atomic mass is 10.1. The first-order chi connectivity index (χ1) is 11.4. The molecule has 0 aliphatic rings. The average Bonchev–Trinajstić information content (AvgIpc) is 2.59. The quantitative estimate of drug-likeness (QED) is 0.751. The molecule has 2 amide bonds. The number of hydrogen-bond acceptors (Lipinski definition) is 4. The van der Waals surface area contributed by atoms with Crippen LogP contribution in [0.4, 0.5) is 5.69 Å². The molecule has 24 heavy (non-hydrogen) atoms. The van der Waals surface area contributed by atoms with E-state index in [0.717, 1.165) is 17.7 Å². The van der Waals surface area contributed by atoms with Crippen LogP contribution in [0, 0.1) is 0 Å². The van der Waals surface area contributed by atoms with E-state index >= 15 is 0 Å². The summed E-state index contributed by atoms with van der Waals surface area (Å²) in [7, 11) is 3.75. The Morgan fingerprint density at radius 1 is 1.04 bits per heavy atom. The summed E-state index contributed by atoms with van der Waals surface area (Å²) in [5.74, 6) is -1.13. The van der Waals surface area contributed by atoms with Gasteiger partial charge in [0.2, 0.25) is 0 Å². The van der Waals surface area contributed by atoms with Gasteiger partial charge in [0.1, 0.15) is 5.75 Å². The van der Waals surface area contributed by atoms with Gasteiger partial charge < -0.3 is 10.0 Å². The van der Waals surface area contributed by atoms with Gasteiger partial charge in [0.25, 0.3) is 11.8 Å². The number of nitrogens with one attached hydrogen (secondary N) is 2. The number of aryl methyl sites for hydroxylation is 1. The highest BCUT2D eigenvalue weighted by Gasteiger charge is 2.13. The van der Waals surface area contributed by atoms with E-state index in [2.05, 4.69) is 10.9 Å². The molecule has 6 nitrogen and oxygen atoms in total. The van der Waals surface area contributed by atoms with E-state index in [0.29, 0.717) is 5.56 Å². The summed E-state index contributed by atoms with van der Waals surface area (Å²) in [6, 6.07) is 11.8. The van der Waals surface area contributed by atoms with Gasteiger partial charge in [-0.25, -0.2) is 0 Å². The minimum Gasteiger partial charge on any atom is -0.507 e. The third-order valence-electron chi connectivity index (χ3n) is 3.63. The molecule has 2 aromatic rings. The molecular formula is C18H21N3O3. The predicted octanol–water partition coefficient (Wildman–Crippen LogP) is 2.10. The zero-order chi connectivity index (χ0) is 17.7. The van der Waals surface area contributed by atoms with Crippen molar-refractivity contribution in [2.24, 2.45) is 0 Å². The van der Waals surface area contributed by atoms with Crippen LogP contribution in [0.15, 0.2) is 42.5 Å². The van der Waals surface area contributed by atoms with Crippen molar-refractivity contribution in [1.29, 1.82) is 0 Å². The molecule has 0 heterocycles. The van der Waals surface area contributed by atoms with Gasteiger partial charge >= 0.3 is 0 Å². The minimum absolute atomic E-state index is 0.122. The summed E-state index contributed by atoms with van der Waals surface area (Å²) in [4.78, 5) is 26.2. The van der Waals surface area contributed by atoms with Crippen molar-refractivity contribution in [3.63, 3.8) is 0 Å². The summed E-state index contributed by atoms with van der Waals surface area (Å²) in [5, 5.41) is 9.80. The fraction of sp³-hybridized carbons (Fsp3) is 0.222. The SMILES string of the molecule is CCc1ccc(O)c(C(=O)NNC(=O)c2cccc(N(C)C)c2)c1. The van der Waals surface area contributed by atoms with E-state index in [1.807, 2.05) is 32.0 Å². The zero-order valence-corrected chi connectivity index (χ0v) is 14.0. The Morgan fingerprint density at radius 3 is 2.42 bits per heavy atom. The lowest BCUT2D eigenvalue weighted by molar-refractivity contribution is 0.0845. The second kappa shape index (κ2) is 7.50. The number of anilines is 1. The largest absolute Gasteiger partial charge is 0.507 e. The van der Waals surface area contributed by atoms with Crippen LogP contribution >= 0.6 is 0 Å². The molecule has 2 rings (SSSR count). The highest BCUT2D eigenvalue weighted by atomic mass is 16.3. The molecule has 0 fully saturated rings. The number of hydrogen-bond donors (Lipinski definition) is 3. The van der Waals surface area contributed by atoms with Crippen LogP contribution in [0.5, 0.6) is 5.75 Å². The summed E-state index contributed by atoms with van der Waals surface area (Å²) in [5.41, 5.74) is 7.03. The van der Waals surface area contributed by atoms with Crippen molar-refractivity contribution in [2.45, 2.75) is 13.3 Å². The van der Waals surface area contributed by atoms with Crippen LogP contribution in [0.3, 0.4) is 0 Å². The first-order valence-electron chi connectivity index (χ1n) is 7.62. The van der Waals surface area contributed by atoms with E-state index in [4.69, 9.17) is 0 Å². The third-order valence-corrected chi connectivity index (χ3v) is 3.63. The van der Waals surface area contributed by atoms with Gasteiger partial charge in [0.05, 0.1) is 5.56 Å². The molecule has 0 unspecified atom stereocenters. The molecule has 0 radical (unpaired) electrons. The monoisotopic (exact) mass is 327 g/mol. The summed E-state index contributed by atoms with van der Waals surface area (Å²) >= 11 is 0. The molecule has 0 bridgehead atoms. The maximum absolute atomic E-state index is 12.2. The number of hydrazine groups is 1. The van der Waals surface area contributed by atoms with Gasteiger partial charge in [-0.3, -0.25) is 20.4 Å². The highest BCUT2D eigenvalue weighted by Crippen LogP contribution is 2.18. The van der Waals surface area contributed by atoms with Crippen molar-refractivity contribution in [3.8, 4) is 5.75 Å². The van der Waals surface area contributed by atoms with E-state index in [1.54, 1.807) is 30.3 Å². The first-order valence-corrected chi connectivity index (χ1v) is 7.62. The Labute approximate surface area is 141 Å². The van der Waals surface area contributed by atoms with Crippen LogP contribution in [0.2, 0.25) is 0 Å². The average molecular weight is 327 g/mol. The van der Waals surface area contributed by atoms with Gasteiger partial charge in [0.15, 0.2) is 0 Å². The number of aromatic hydroxyl groups is 1. The second-order valence-electron chi connectivity index (χ2n) is 5.56. The van der Waals surface area contributed by atoms with Gasteiger partial charge in [-0.2, -0.15) is 0 Å². The Kier molecular flexibility index (Phi) is 5.42. The molecule has 0 atom stereocenters. The van der Waals surface area contributed by atoms with Gasteiger partial charge in [-0.15, -0.1) is 0 Å². The van der Waals surface area contributed by atoms with Crippen LogP contribution in [-0.4, -0.2) is 31.0 Å².